The molecular weight excluding hydrogens is 212 g/mol. The molecule has 0 aromatic heterocycles. The molecule has 0 fully saturated rings. The van der Waals surface area contributed by atoms with Crippen LogP contribution in [0.25, 0.3) is 0 Å². The van der Waals surface area contributed by atoms with E-state index >= 15 is 0 Å². The van der Waals surface area contributed by atoms with Crippen LogP contribution in [0.15, 0.2) is 42.2 Å². The van der Waals surface area contributed by atoms with Crippen LogP contribution in [0.1, 0.15) is 24.3 Å². The lowest BCUT2D eigenvalue weighted by atomic mass is 9.99. The first kappa shape index (κ1) is 11.5. The van der Waals surface area contributed by atoms with E-state index in [9.17, 15) is 0 Å². The fourth-order valence-electron chi connectivity index (χ4n) is 2.13. The summed E-state index contributed by atoms with van der Waals surface area (Å²) < 4.78 is 6.05. The van der Waals surface area contributed by atoms with Crippen LogP contribution in [-0.2, 0) is 4.43 Å². The molecule has 1 aromatic rings. The molecule has 1 nitrogen and oxygen atoms in total. The largest absolute Gasteiger partial charge is 0.548 e. The van der Waals surface area contributed by atoms with Gasteiger partial charge in [-0.2, -0.15) is 0 Å². The van der Waals surface area contributed by atoms with Crippen molar-refractivity contribution >= 4 is 8.32 Å². The zero-order chi connectivity index (χ0) is 11.6. The molecule has 1 aliphatic rings. The third-order valence-electron chi connectivity index (χ3n) is 2.75. The predicted octanol–water partition coefficient (Wildman–Crippen LogP) is 4.30. The molecular formula is C14H20OSi. The van der Waals surface area contributed by atoms with Crippen LogP contribution >= 0.6 is 0 Å². The second kappa shape index (κ2) is 4.46. The lowest BCUT2D eigenvalue weighted by molar-refractivity contribution is 0.408. The molecule has 16 heavy (non-hydrogen) atoms. The first-order valence-electron chi connectivity index (χ1n) is 5.99. The highest BCUT2D eigenvalue weighted by molar-refractivity contribution is 6.70. The first-order chi connectivity index (χ1) is 7.54. The maximum absolute atomic E-state index is 6.05. The molecule has 0 aliphatic heterocycles. The first-order valence-corrected chi connectivity index (χ1v) is 9.40. The highest BCUT2D eigenvalue weighted by atomic mass is 28.4. The van der Waals surface area contributed by atoms with Crippen LogP contribution in [-0.4, -0.2) is 8.32 Å². The van der Waals surface area contributed by atoms with Gasteiger partial charge in [0.2, 0.25) is 8.32 Å². The van der Waals surface area contributed by atoms with Crippen LogP contribution < -0.4 is 0 Å². The van der Waals surface area contributed by atoms with Crippen LogP contribution in [0.5, 0.6) is 0 Å². The van der Waals surface area contributed by atoms with E-state index in [4.69, 9.17) is 4.43 Å². The van der Waals surface area contributed by atoms with Crippen molar-refractivity contribution in [2.75, 3.05) is 0 Å². The summed E-state index contributed by atoms with van der Waals surface area (Å²) in [7, 11) is -1.42. The minimum Gasteiger partial charge on any atom is -0.548 e. The molecule has 0 radical (unpaired) electrons. The van der Waals surface area contributed by atoms with Gasteiger partial charge in [-0.1, -0.05) is 30.3 Å². The average molecular weight is 232 g/mol. The maximum atomic E-state index is 6.05. The molecule has 1 atom stereocenters. The van der Waals surface area contributed by atoms with Gasteiger partial charge in [-0.25, -0.2) is 0 Å². The Bertz CT molecular complexity index is 375. The van der Waals surface area contributed by atoms with E-state index in [0.29, 0.717) is 5.92 Å². The predicted molar refractivity (Wildman–Crippen MR) is 70.9 cm³/mol. The van der Waals surface area contributed by atoms with Crippen molar-refractivity contribution in [2.45, 2.75) is 38.4 Å². The molecule has 0 saturated carbocycles. The summed E-state index contributed by atoms with van der Waals surface area (Å²) in [6.45, 7) is 6.72. The molecule has 1 aromatic carbocycles. The standard InChI is InChI=1S/C14H20OSi/c1-16(2,3)15-14-10-9-13(11-14)12-7-5-4-6-8-12/h4-8,11,13H,9-10H2,1-3H3. The van der Waals surface area contributed by atoms with Crippen molar-refractivity contribution < 1.29 is 4.43 Å². The zero-order valence-electron chi connectivity index (χ0n) is 10.4. The van der Waals surface area contributed by atoms with Gasteiger partial charge >= 0.3 is 0 Å². The minimum absolute atomic E-state index is 0.563. The second-order valence-electron chi connectivity index (χ2n) is 5.40. The van der Waals surface area contributed by atoms with Crippen molar-refractivity contribution in [3.63, 3.8) is 0 Å². The number of rotatable bonds is 3. The number of hydrogen-bond acceptors (Lipinski definition) is 1. The summed E-state index contributed by atoms with van der Waals surface area (Å²) in [6.07, 6.45) is 4.61. The van der Waals surface area contributed by atoms with Gasteiger partial charge < -0.3 is 4.43 Å². The van der Waals surface area contributed by atoms with Gasteiger partial charge in [0.05, 0.1) is 5.76 Å². The molecule has 0 N–H and O–H groups in total. The van der Waals surface area contributed by atoms with Gasteiger partial charge in [-0.3, -0.25) is 0 Å². The molecule has 86 valence electrons. The molecule has 2 heteroatoms. The Balaban J connectivity index is 2.07. The third kappa shape index (κ3) is 2.98. The van der Waals surface area contributed by atoms with Crippen molar-refractivity contribution in [1.82, 2.24) is 0 Å². The summed E-state index contributed by atoms with van der Waals surface area (Å²) in [4.78, 5) is 0. The van der Waals surface area contributed by atoms with E-state index in [1.165, 1.54) is 17.7 Å². The summed E-state index contributed by atoms with van der Waals surface area (Å²) >= 11 is 0. The lowest BCUT2D eigenvalue weighted by Crippen LogP contribution is -2.24. The van der Waals surface area contributed by atoms with E-state index in [2.05, 4.69) is 56.0 Å². The van der Waals surface area contributed by atoms with Gasteiger partial charge in [0.25, 0.3) is 0 Å². The number of benzene rings is 1. The van der Waals surface area contributed by atoms with Crippen molar-refractivity contribution in [3.8, 4) is 0 Å². The highest BCUT2D eigenvalue weighted by Crippen LogP contribution is 2.34. The molecule has 1 aliphatic carbocycles. The van der Waals surface area contributed by atoms with Gasteiger partial charge in [-0.05, 0) is 37.7 Å². The van der Waals surface area contributed by atoms with Gasteiger partial charge in [0.15, 0.2) is 0 Å². The fraction of sp³-hybridized carbons (Fsp3) is 0.429. The van der Waals surface area contributed by atoms with E-state index in [1.54, 1.807) is 0 Å². The Labute approximate surface area is 99.3 Å². The molecule has 0 bridgehead atoms. The summed E-state index contributed by atoms with van der Waals surface area (Å²) in [6, 6.07) is 10.7. The second-order valence-corrected chi connectivity index (χ2v) is 9.83. The van der Waals surface area contributed by atoms with Gasteiger partial charge in [-0.15, -0.1) is 0 Å². The quantitative estimate of drug-likeness (QED) is 0.706. The van der Waals surface area contributed by atoms with Crippen molar-refractivity contribution in [1.29, 1.82) is 0 Å². The number of hydrogen-bond donors (Lipinski definition) is 0. The van der Waals surface area contributed by atoms with Crippen LogP contribution in [0.2, 0.25) is 19.6 Å². The normalized spacial score (nSPS) is 20.7. The SMILES string of the molecule is C[Si](C)(C)OC1=CC(c2ccccc2)CC1. The van der Waals surface area contributed by atoms with Crippen LogP contribution in [0, 0.1) is 0 Å². The smallest absolute Gasteiger partial charge is 0.241 e. The van der Waals surface area contributed by atoms with Gasteiger partial charge in [0, 0.05) is 12.3 Å². The highest BCUT2D eigenvalue weighted by Gasteiger charge is 2.23. The van der Waals surface area contributed by atoms with Crippen molar-refractivity contribution in [3.05, 3.63) is 47.7 Å². The molecule has 0 amide bonds. The lowest BCUT2D eigenvalue weighted by Gasteiger charge is -2.19. The Kier molecular flexibility index (Phi) is 3.19. The summed E-state index contributed by atoms with van der Waals surface area (Å²) in [5, 5.41) is 0. The van der Waals surface area contributed by atoms with Crippen LogP contribution in [0.3, 0.4) is 0 Å². The van der Waals surface area contributed by atoms with Crippen LogP contribution in [0.4, 0.5) is 0 Å². The van der Waals surface area contributed by atoms with E-state index < -0.39 is 8.32 Å². The average Bonchev–Trinajstić information content (AvgIpc) is 2.65. The maximum Gasteiger partial charge on any atom is 0.241 e. The van der Waals surface area contributed by atoms with E-state index in [1.807, 2.05) is 0 Å². The zero-order valence-corrected chi connectivity index (χ0v) is 11.4. The van der Waals surface area contributed by atoms with Crippen molar-refractivity contribution in [2.24, 2.45) is 0 Å². The molecule has 0 spiro atoms. The Morgan fingerprint density at radius 3 is 2.44 bits per heavy atom. The summed E-state index contributed by atoms with van der Waals surface area (Å²) in [5.41, 5.74) is 1.41. The minimum atomic E-state index is -1.42. The van der Waals surface area contributed by atoms with E-state index in [0.717, 1.165) is 6.42 Å². The molecule has 0 heterocycles. The fourth-order valence-corrected chi connectivity index (χ4v) is 3.09. The van der Waals surface area contributed by atoms with Gasteiger partial charge in [0.1, 0.15) is 0 Å². The third-order valence-corrected chi connectivity index (χ3v) is 3.63. The Hall–Kier alpha value is -1.02. The topological polar surface area (TPSA) is 9.23 Å². The Morgan fingerprint density at radius 1 is 1.12 bits per heavy atom. The molecule has 2 rings (SSSR count). The van der Waals surface area contributed by atoms with E-state index in [-0.39, 0.29) is 0 Å². The monoisotopic (exact) mass is 232 g/mol. The molecule has 0 saturated heterocycles. The molecule has 1 unspecified atom stereocenters. The Morgan fingerprint density at radius 2 is 1.81 bits per heavy atom. The summed E-state index contributed by atoms with van der Waals surface area (Å²) in [5.74, 6) is 1.78. The number of allylic oxidation sites excluding steroid dienone is 2.